The van der Waals surface area contributed by atoms with Gasteiger partial charge in [-0.1, -0.05) is 0 Å². The highest BCUT2D eigenvalue weighted by Gasteiger charge is 2.32. The van der Waals surface area contributed by atoms with E-state index in [2.05, 4.69) is 20.0 Å². The first kappa shape index (κ1) is 18.2. The second-order valence-corrected chi connectivity index (χ2v) is 4.01. The van der Waals surface area contributed by atoms with Crippen molar-refractivity contribution in [3.8, 4) is 5.75 Å². The van der Waals surface area contributed by atoms with Crippen molar-refractivity contribution in [1.29, 1.82) is 0 Å². The minimum Gasteiger partial charge on any atom is -0.461 e. The summed E-state index contributed by atoms with van der Waals surface area (Å²) >= 11 is 0. The lowest BCUT2D eigenvalue weighted by Crippen LogP contribution is -2.17. The molecule has 126 valence electrons. The van der Waals surface area contributed by atoms with Crippen LogP contribution in [-0.2, 0) is 9.53 Å². The number of hydrogen-bond donors (Lipinski definition) is 1. The Kier molecular flexibility index (Phi) is 5.87. The van der Waals surface area contributed by atoms with Crippen LogP contribution in [0.25, 0.3) is 0 Å². The largest absolute Gasteiger partial charge is 0.573 e. The van der Waals surface area contributed by atoms with Crippen LogP contribution in [0.4, 0.5) is 24.5 Å². The van der Waals surface area contributed by atoms with Crippen LogP contribution in [0.15, 0.2) is 23.3 Å². The lowest BCUT2D eigenvalue weighted by molar-refractivity contribution is -0.384. The second-order valence-electron chi connectivity index (χ2n) is 4.01. The van der Waals surface area contributed by atoms with Gasteiger partial charge in [0.2, 0.25) is 0 Å². The molecule has 0 unspecified atom stereocenters. The predicted molar refractivity (Wildman–Crippen MR) is 73.1 cm³/mol. The highest BCUT2D eigenvalue weighted by molar-refractivity contribution is 6.35. The smallest absolute Gasteiger partial charge is 0.461 e. The first-order chi connectivity index (χ1) is 10.6. The van der Waals surface area contributed by atoms with E-state index in [9.17, 15) is 28.1 Å². The van der Waals surface area contributed by atoms with Crippen molar-refractivity contribution in [1.82, 2.24) is 0 Å². The van der Waals surface area contributed by atoms with Crippen LogP contribution in [0.3, 0.4) is 0 Å². The van der Waals surface area contributed by atoms with Crippen molar-refractivity contribution >= 4 is 23.1 Å². The third-order valence-corrected chi connectivity index (χ3v) is 2.31. The van der Waals surface area contributed by atoms with E-state index in [4.69, 9.17) is 0 Å². The van der Waals surface area contributed by atoms with E-state index in [1.807, 2.05) is 0 Å². The Balaban J connectivity index is 3.01. The Morgan fingerprint density at radius 1 is 1.43 bits per heavy atom. The predicted octanol–water partition coefficient (Wildman–Crippen LogP) is 2.84. The van der Waals surface area contributed by atoms with Crippen LogP contribution < -0.4 is 10.2 Å². The Bertz CT molecular complexity index is 631. The van der Waals surface area contributed by atoms with E-state index < -0.39 is 28.7 Å². The van der Waals surface area contributed by atoms with Gasteiger partial charge in [0.05, 0.1) is 17.6 Å². The average molecular weight is 335 g/mol. The number of hydrogen-bond acceptors (Lipinski definition) is 7. The summed E-state index contributed by atoms with van der Waals surface area (Å²) in [4.78, 5) is 21.3. The molecule has 1 aromatic rings. The number of carbonyl (C=O) groups is 1. The van der Waals surface area contributed by atoms with E-state index in [-0.39, 0.29) is 18.0 Å². The number of benzene rings is 1. The fraction of sp³-hybridized carbons (Fsp3) is 0.333. The third-order valence-electron chi connectivity index (χ3n) is 2.31. The van der Waals surface area contributed by atoms with Crippen LogP contribution in [-0.4, -0.2) is 29.6 Å². The summed E-state index contributed by atoms with van der Waals surface area (Å²) in [6.07, 6.45) is -4.97. The van der Waals surface area contributed by atoms with E-state index in [0.29, 0.717) is 6.07 Å². The molecule has 0 aliphatic rings. The number of anilines is 1. The molecule has 23 heavy (non-hydrogen) atoms. The molecular formula is C12H12F3N3O5. The summed E-state index contributed by atoms with van der Waals surface area (Å²) in [5, 5.41) is 14.5. The van der Waals surface area contributed by atoms with Crippen molar-refractivity contribution in [3.63, 3.8) is 0 Å². The summed E-state index contributed by atoms with van der Waals surface area (Å²) in [5.74, 6) is -1.49. The van der Waals surface area contributed by atoms with Gasteiger partial charge >= 0.3 is 12.3 Å². The Morgan fingerprint density at radius 3 is 2.61 bits per heavy atom. The molecule has 0 fully saturated rings. The SMILES string of the molecule is CCOC(=O)/C(C)=N\Nc1ccc(OC(F)(F)F)cc1[N+](=O)[O-]. The van der Waals surface area contributed by atoms with Crippen molar-refractivity contribution in [2.24, 2.45) is 5.10 Å². The summed E-state index contributed by atoms with van der Waals surface area (Å²) in [5.41, 5.74) is 1.20. The molecular weight excluding hydrogens is 323 g/mol. The lowest BCUT2D eigenvalue weighted by atomic mass is 10.2. The maximum absolute atomic E-state index is 12.1. The minimum atomic E-state index is -4.97. The zero-order valence-corrected chi connectivity index (χ0v) is 12.0. The first-order valence-corrected chi connectivity index (χ1v) is 6.15. The van der Waals surface area contributed by atoms with Gasteiger partial charge in [-0.15, -0.1) is 13.2 Å². The first-order valence-electron chi connectivity index (χ1n) is 6.15. The minimum absolute atomic E-state index is 0.114. The molecule has 0 saturated heterocycles. The molecule has 0 spiro atoms. The molecule has 1 aromatic carbocycles. The van der Waals surface area contributed by atoms with Crippen molar-refractivity contribution in [2.45, 2.75) is 20.2 Å². The summed E-state index contributed by atoms with van der Waals surface area (Å²) in [6, 6.07) is 2.43. The molecule has 1 rings (SSSR count). The van der Waals surface area contributed by atoms with Gasteiger partial charge in [0.25, 0.3) is 5.69 Å². The van der Waals surface area contributed by atoms with Gasteiger partial charge in [-0.3, -0.25) is 15.5 Å². The number of ether oxygens (including phenoxy) is 2. The van der Waals surface area contributed by atoms with Crippen LogP contribution >= 0.6 is 0 Å². The standard InChI is InChI=1S/C12H12F3N3O5/c1-3-22-11(19)7(2)16-17-9-5-4-8(23-12(13,14)15)6-10(9)18(20)21/h4-6,17H,3H2,1-2H3/b16-7-. The van der Waals surface area contributed by atoms with E-state index in [1.54, 1.807) is 6.92 Å². The summed E-state index contributed by atoms with van der Waals surface area (Å²) in [6.45, 7) is 3.01. The number of carbonyl (C=O) groups excluding carboxylic acids is 1. The Morgan fingerprint density at radius 2 is 2.09 bits per heavy atom. The fourth-order valence-electron chi connectivity index (χ4n) is 1.38. The highest BCUT2D eigenvalue weighted by Crippen LogP contribution is 2.31. The van der Waals surface area contributed by atoms with Gasteiger partial charge in [0.1, 0.15) is 17.1 Å². The molecule has 0 heterocycles. The monoisotopic (exact) mass is 335 g/mol. The van der Waals surface area contributed by atoms with Gasteiger partial charge in [-0.25, -0.2) is 4.79 Å². The number of nitrogens with one attached hydrogen (secondary N) is 1. The summed E-state index contributed by atoms with van der Waals surface area (Å²) < 4.78 is 44.6. The molecule has 0 aliphatic heterocycles. The number of nitro benzene ring substituents is 1. The van der Waals surface area contributed by atoms with Crippen molar-refractivity contribution < 1.29 is 32.4 Å². The Labute approximate surface area is 128 Å². The number of rotatable bonds is 6. The van der Waals surface area contributed by atoms with Gasteiger partial charge in [-0.2, -0.15) is 5.10 Å². The number of alkyl halides is 3. The maximum atomic E-state index is 12.1. The molecule has 0 bridgehead atoms. The second kappa shape index (κ2) is 7.42. The number of nitro groups is 1. The lowest BCUT2D eigenvalue weighted by Gasteiger charge is -2.10. The van der Waals surface area contributed by atoms with Crippen LogP contribution in [0, 0.1) is 10.1 Å². The van der Waals surface area contributed by atoms with Gasteiger partial charge < -0.3 is 9.47 Å². The van der Waals surface area contributed by atoms with E-state index in [0.717, 1.165) is 12.1 Å². The van der Waals surface area contributed by atoms with Gasteiger partial charge in [0.15, 0.2) is 0 Å². The number of hydrazone groups is 1. The average Bonchev–Trinajstić information content (AvgIpc) is 2.43. The molecule has 0 saturated carbocycles. The molecule has 0 aliphatic carbocycles. The molecule has 11 heteroatoms. The maximum Gasteiger partial charge on any atom is 0.573 e. The normalized spacial score (nSPS) is 11.8. The van der Waals surface area contributed by atoms with Crippen molar-refractivity contribution in [2.75, 3.05) is 12.0 Å². The number of halogens is 3. The zero-order valence-electron chi connectivity index (χ0n) is 12.0. The number of esters is 1. The number of nitrogens with zero attached hydrogens (tertiary/aromatic N) is 2. The van der Waals surface area contributed by atoms with Crippen molar-refractivity contribution in [3.05, 3.63) is 28.3 Å². The van der Waals surface area contributed by atoms with E-state index in [1.165, 1.54) is 6.92 Å². The van der Waals surface area contributed by atoms with E-state index >= 15 is 0 Å². The molecule has 0 amide bonds. The molecule has 8 nitrogen and oxygen atoms in total. The molecule has 1 N–H and O–H groups in total. The fourth-order valence-corrected chi connectivity index (χ4v) is 1.38. The molecule has 0 atom stereocenters. The van der Waals surface area contributed by atoms with Gasteiger partial charge in [0, 0.05) is 0 Å². The zero-order chi connectivity index (χ0) is 17.6. The highest BCUT2D eigenvalue weighted by atomic mass is 19.4. The quantitative estimate of drug-likeness (QED) is 0.371. The van der Waals surface area contributed by atoms with Crippen LogP contribution in [0.1, 0.15) is 13.8 Å². The van der Waals surface area contributed by atoms with Gasteiger partial charge in [-0.05, 0) is 26.0 Å². The molecule has 0 radical (unpaired) electrons. The molecule has 0 aromatic heterocycles. The Hall–Kier alpha value is -2.85. The van der Waals surface area contributed by atoms with Crippen LogP contribution in [0.5, 0.6) is 5.75 Å². The summed E-state index contributed by atoms with van der Waals surface area (Å²) in [7, 11) is 0. The third kappa shape index (κ3) is 5.80. The topological polar surface area (TPSA) is 103 Å². The van der Waals surface area contributed by atoms with Crippen LogP contribution in [0.2, 0.25) is 0 Å².